The van der Waals surface area contributed by atoms with E-state index >= 15 is 0 Å². The van der Waals surface area contributed by atoms with E-state index in [0.29, 0.717) is 5.95 Å². The Kier molecular flexibility index (Phi) is 5.17. The number of nitrogens with zero attached hydrogens (tertiary/aromatic N) is 6. The van der Waals surface area contributed by atoms with E-state index in [9.17, 15) is 4.79 Å². The van der Waals surface area contributed by atoms with E-state index in [1.807, 2.05) is 55.9 Å². The molecule has 8 nitrogen and oxygen atoms in total. The second-order valence-electron chi connectivity index (χ2n) is 7.29. The highest BCUT2D eigenvalue weighted by Gasteiger charge is 2.15. The van der Waals surface area contributed by atoms with E-state index in [1.165, 1.54) is 0 Å². The van der Waals surface area contributed by atoms with Gasteiger partial charge >= 0.3 is 5.91 Å². The number of aromatic nitrogens is 5. The normalized spacial score (nSPS) is 10.6. The molecule has 1 amide bonds. The van der Waals surface area contributed by atoms with Gasteiger partial charge in [0.25, 0.3) is 0 Å². The Morgan fingerprint density at radius 2 is 2.00 bits per heavy atom. The number of amides is 1. The lowest BCUT2D eigenvalue weighted by molar-refractivity contribution is -0.113. The first-order chi connectivity index (χ1) is 14.9. The molecule has 0 bridgehead atoms. The molecule has 0 atom stereocenters. The maximum Gasteiger partial charge on any atom is 0.302 e. The minimum Gasteiger partial charge on any atom is -0.309 e. The first-order valence-corrected chi connectivity index (χ1v) is 9.80. The fraction of sp³-hybridized carbons (Fsp3) is 0.217. The molecule has 0 saturated carbocycles. The third-order valence-electron chi connectivity index (χ3n) is 5.15. The third kappa shape index (κ3) is 3.73. The number of hydrogen-bond acceptors (Lipinski definition) is 5. The van der Waals surface area contributed by atoms with Crippen LogP contribution in [0.3, 0.4) is 0 Å². The van der Waals surface area contributed by atoms with Gasteiger partial charge in [-0.1, -0.05) is 5.92 Å². The molecule has 4 aromatic rings. The predicted molar refractivity (Wildman–Crippen MR) is 122 cm³/mol. The Labute approximate surface area is 180 Å². The van der Waals surface area contributed by atoms with Crippen LogP contribution in [0.2, 0.25) is 0 Å². The SMILES string of the molecule is CC#CC(=O)N(C)c1ccc2c(c1)c(C)cn2-c1nc(Nc2ccnn2C)ncc1C. The van der Waals surface area contributed by atoms with Gasteiger partial charge in [-0.3, -0.25) is 9.48 Å². The fourth-order valence-corrected chi connectivity index (χ4v) is 3.42. The van der Waals surface area contributed by atoms with E-state index in [1.54, 1.807) is 35.9 Å². The van der Waals surface area contributed by atoms with Crippen molar-refractivity contribution < 1.29 is 4.79 Å². The number of carbonyl (C=O) groups is 1. The van der Waals surface area contributed by atoms with Crippen LogP contribution in [0, 0.1) is 25.7 Å². The molecule has 156 valence electrons. The van der Waals surface area contributed by atoms with E-state index in [0.717, 1.165) is 39.4 Å². The minimum atomic E-state index is -0.239. The first-order valence-electron chi connectivity index (χ1n) is 9.80. The molecule has 1 aromatic carbocycles. The highest BCUT2D eigenvalue weighted by Crippen LogP contribution is 2.29. The predicted octanol–water partition coefficient (Wildman–Crippen LogP) is 3.50. The van der Waals surface area contributed by atoms with Crippen molar-refractivity contribution in [2.45, 2.75) is 20.8 Å². The maximum absolute atomic E-state index is 12.1. The molecule has 0 aliphatic heterocycles. The number of rotatable bonds is 4. The Bertz CT molecular complexity index is 1350. The molecule has 1 N–H and O–H groups in total. The summed E-state index contributed by atoms with van der Waals surface area (Å²) in [7, 11) is 3.58. The van der Waals surface area contributed by atoms with Gasteiger partial charge in [-0.2, -0.15) is 10.1 Å². The van der Waals surface area contributed by atoms with Crippen molar-refractivity contribution in [2.75, 3.05) is 17.3 Å². The number of nitrogens with one attached hydrogen (secondary N) is 1. The number of anilines is 3. The molecule has 0 spiro atoms. The molecule has 0 aliphatic carbocycles. The lowest BCUT2D eigenvalue weighted by Crippen LogP contribution is -2.24. The van der Waals surface area contributed by atoms with E-state index in [2.05, 4.69) is 27.2 Å². The number of fused-ring (bicyclic) bond motifs is 1. The van der Waals surface area contributed by atoms with Gasteiger partial charge in [0.15, 0.2) is 0 Å². The Balaban J connectivity index is 1.76. The lowest BCUT2D eigenvalue weighted by Gasteiger charge is -2.15. The molecule has 8 heteroatoms. The van der Waals surface area contributed by atoms with Gasteiger partial charge in [0.1, 0.15) is 11.6 Å². The van der Waals surface area contributed by atoms with Crippen molar-refractivity contribution in [2.24, 2.45) is 7.05 Å². The summed E-state index contributed by atoms with van der Waals surface area (Å²) in [5.41, 5.74) is 3.82. The Hall–Kier alpha value is -4.12. The van der Waals surface area contributed by atoms with Gasteiger partial charge in [-0.15, -0.1) is 0 Å². The summed E-state index contributed by atoms with van der Waals surface area (Å²) >= 11 is 0. The fourth-order valence-electron chi connectivity index (χ4n) is 3.42. The molecule has 0 saturated heterocycles. The number of aryl methyl sites for hydroxylation is 3. The van der Waals surface area contributed by atoms with Crippen LogP contribution in [0.4, 0.5) is 17.5 Å². The van der Waals surface area contributed by atoms with Crippen LogP contribution < -0.4 is 10.2 Å². The second kappa shape index (κ2) is 7.95. The minimum absolute atomic E-state index is 0.239. The number of carbonyl (C=O) groups excluding carboxylic acids is 1. The zero-order valence-corrected chi connectivity index (χ0v) is 18.1. The summed E-state index contributed by atoms with van der Waals surface area (Å²) in [5.74, 6) is 7.06. The maximum atomic E-state index is 12.1. The highest BCUT2D eigenvalue weighted by molar-refractivity contribution is 6.06. The van der Waals surface area contributed by atoms with Crippen molar-refractivity contribution in [1.82, 2.24) is 24.3 Å². The molecule has 3 aromatic heterocycles. The second-order valence-corrected chi connectivity index (χ2v) is 7.29. The largest absolute Gasteiger partial charge is 0.309 e. The highest BCUT2D eigenvalue weighted by atomic mass is 16.2. The molecular formula is C23H23N7O. The van der Waals surface area contributed by atoms with Crippen LogP contribution in [-0.2, 0) is 11.8 Å². The first kappa shape index (κ1) is 20.2. The molecule has 4 rings (SSSR count). The van der Waals surface area contributed by atoms with Gasteiger partial charge in [-0.05, 0) is 50.5 Å². The standard InChI is InChI=1S/C23H23N7O/c1-6-7-21(31)28(4)17-8-9-19-18(12-17)16(3)14-30(19)22-15(2)13-24-23(27-22)26-20-10-11-25-29(20)5/h8-14H,1-5H3,(H,24,26,27). The molecule has 0 aliphatic rings. The average molecular weight is 413 g/mol. The van der Waals surface area contributed by atoms with Gasteiger partial charge in [-0.25, -0.2) is 4.98 Å². The molecular weight excluding hydrogens is 390 g/mol. The van der Waals surface area contributed by atoms with Gasteiger partial charge in [0.05, 0.1) is 11.7 Å². The van der Waals surface area contributed by atoms with E-state index in [-0.39, 0.29) is 5.91 Å². The van der Waals surface area contributed by atoms with Crippen molar-refractivity contribution in [3.63, 3.8) is 0 Å². The summed E-state index contributed by atoms with van der Waals surface area (Å²) in [4.78, 5) is 22.9. The zero-order chi connectivity index (χ0) is 22.1. The summed E-state index contributed by atoms with van der Waals surface area (Å²) < 4.78 is 3.77. The topological polar surface area (TPSA) is 80.9 Å². The van der Waals surface area contributed by atoms with E-state index < -0.39 is 0 Å². The smallest absolute Gasteiger partial charge is 0.302 e. The van der Waals surface area contributed by atoms with Crippen molar-refractivity contribution in [1.29, 1.82) is 0 Å². The monoisotopic (exact) mass is 413 g/mol. The van der Waals surface area contributed by atoms with Crippen molar-refractivity contribution in [3.8, 4) is 17.7 Å². The van der Waals surface area contributed by atoms with Crippen LogP contribution in [0.25, 0.3) is 16.7 Å². The molecule has 0 radical (unpaired) electrons. The summed E-state index contributed by atoms with van der Waals surface area (Å²) in [6, 6.07) is 7.78. The summed E-state index contributed by atoms with van der Waals surface area (Å²) in [6.45, 7) is 5.68. The number of benzene rings is 1. The van der Waals surface area contributed by atoms with Crippen molar-refractivity contribution in [3.05, 3.63) is 54.0 Å². The molecule has 0 unspecified atom stereocenters. The number of hydrogen-bond donors (Lipinski definition) is 1. The van der Waals surface area contributed by atoms with Crippen LogP contribution in [-0.4, -0.2) is 37.3 Å². The third-order valence-corrected chi connectivity index (χ3v) is 5.15. The van der Waals surface area contributed by atoms with Crippen LogP contribution in [0.1, 0.15) is 18.1 Å². The van der Waals surface area contributed by atoms with Crippen LogP contribution in [0.15, 0.2) is 42.9 Å². The average Bonchev–Trinajstić information content (AvgIpc) is 3.31. The van der Waals surface area contributed by atoms with Gasteiger partial charge in [0, 0.05) is 49.2 Å². The van der Waals surface area contributed by atoms with E-state index in [4.69, 9.17) is 4.98 Å². The van der Waals surface area contributed by atoms with Crippen LogP contribution >= 0.6 is 0 Å². The summed E-state index contributed by atoms with van der Waals surface area (Å²) in [5, 5.41) is 8.40. The van der Waals surface area contributed by atoms with Crippen LogP contribution in [0.5, 0.6) is 0 Å². The molecule has 0 fully saturated rings. The molecule has 3 heterocycles. The zero-order valence-electron chi connectivity index (χ0n) is 18.1. The van der Waals surface area contributed by atoms with Gasteiger partial charge in [0.2, 0.25) is 5.95 Å². The van der Waals surface area contributed by atoms with Gasteiger partial charge < -0.3 is 14.8 Å². The quantitative estimate of drug-likeness (QED) is 0.518. The Morgan fingerprint density at radius 3 is 2.71 bits per heavy atom. The summed E-state index contributed by atoms with van der Waals surface area (Å²) in [6.07, 6.45) is 5.56. The molecule has 31 heavy (non-hydrogen) atoms. The Morgan fingerprint density at radius 1 is 1.19 bits per heavy atom. The lowest BCUT2D eigenvalue weighted by atomic mass is 10.1. The van der Waals surface area contributed by atoms with Crippen molar-refractivity contribution >= 4 is 34.3 Å².